The third-order valence-electron chi connectivity index (χ3n) is 3.39. The highest BCUT2D eigenvalue weighted by molar-refractivity contribution is 9.10. The summed E-state index contributed by atoms with van der Waals surface area (Å²) in [6, 6.07) is 3.92. The Bertz CT molecular complexity index is 581. The number of hydrogen-bond donors (Lipinski definition) is 2. The van der Waals surface area contributed by atoms with Crippen LogP contribution in [0, 0.1) is 5.41 Å². The fourth-order valence-electron chi connectivity index (χ4n) is 2.26. The van der Waals surface area contributed by atoms with Gasteiger partial charge in [0.05, 0.1) is 25.1 Å². The molecule has 20 heavy (non-hydrogen) atoms. The number of rotatable bonds is 6. The van der Waals surface area contributed by atoms with E-state index in [1.807, 2.05) is 42.9 Å². The third-order valence-corrected chi connectivity index (χ3v) is 3.86. The third kappa shape index (κ3) is 3.38. The molecule has 0 aliphatic carbocycles. The maximum Gasteiger partial charge on any atom is 0.136 e. The van der Waals surface area contributed by atoms with Crippen LogP contribution in [-0.4, -0.2) is 51.3 Å². The molecule has 2 N–H and O–H groups in total. The Morgan fingerprint density at radius 2 is 2.05 bits per heavy atom. The van der Waals surface area contributed by atoms with Gasteiger partial charge in [0, 0.05) is 29.2 Å². The maximum atomic E-state index is 9.36. The number of aromatic nitrogens is 2. The summed E-state index contributed by atoms with van der Waals surface area (Å²) < 4.78 is 3.04. The largest absolute Gasteiger partial charge is 0.396 e. The van der Waals surface area contributed by atoms with Gasteiger partial charge in [0.15, 0.2) is 0 Å². The van der Waals surface area contributed by atoms with Gasteiger partial charge in [-0.05, 0) is 35.1 Å². The van der Waals surface area contributed by atoms with Crippen LogP contribution in [0.4, 0.5) is 0 Å². The predicted octanol–water partition coefficient (Wildman–Crippen LogP) is 1.52. The molecular weight excluding hydrogens is 322 g/mol. The Balaban J connectivity index is 2.14. The molecule has 0 fully saturated rings. The topological polar surface area (TPSA) is 61.0 Å². The number of hydrogen-bond acceptors (Lipinski definition) is 4. The van der Waals surface area contributed by atoms with Crippen molar-refractivity contribution >= 4 is 21.6 Å². The van der Waals surface area contributed by atoms with E-state index in [1.54, 1.807) is 0 Å². The molecule has 0 saturated carbocycles. The lowest BCUT2D eigenvalue weighted by molar-refractivity contribution is 0.0398. The van der Waals surface area contributed by atoms with Gasteiger partial charge in [-0.2, -0.15) is 0 Å². The molecule has 0 radical (unpaired) electrons. The lowest BCUT2D eigenvalue weighted by Crippen LogP contribution is -2.38. The second-order valence-electron chi connectivity index (χ2n) is 5.62. The molecule has 0 spiro atoms. The van der Waals surface area contributed by atoms with Crippen molar-refractivity contribution < 1.29 is 10.2 Å². The molecular formula is C14H20BrN3O2. The zero-order valence-electron chi connectivity index (χ0n) is 11.8. The number of pyridine rings is 1. The molecule has 0 amide bonds. The van der Waals surface area contributed by atoms with Crippen LogP contribution in [0.2, 0.25) is 0 Å². The Morgan fingerprint density at radius 3 is 2.70 bits per heavy atom. The Morgan fingerprint density at radius 1 is 1.35 bits per heavy atom. The SMILES string of the molecule is CN(Cc1cnc2ccc(Br)cn12)CC(C)(CO)CO. The molecule has 110 valence electrons. The molecule has 2 aromatic rings. The van der Waals surface area contributed by atoms with Crippen LogP contribution in [0.25, 0.3) is 5.65 Å². The molecule has 0 aliphatic rings. The van der Waals surface area contributed by atoms with Crippen LogP contribution in [0.15, 0.2) is 29.0 Å². The van der Waals surface area contributed by atoms with Crippen molar-refractivity contribution in [3.05, 3.63) is 34.7 Å². The number of halogens is 1. The van der Waals surface area contributed by atoms with Crippen LogP contribution in [0.5, 0.6) is 0 Å². The van der Waals surface area contributed by atoms with Crippen molar-refractivity contribution in [2.75, 3.05) is 26.8 Å². The van der Waals surface area contributed by atoms with E-state index in [1.165, 1.54) is 0 Å². The van der Waals surface area contributed by atoms with Crippen molar-refractivity contribution in [3.63, 3.8) is 0 Å². The van der Waals surface area contributed by atoms with E-state index in [0.29, 0.717) is 13.1 Å². The normalized spacial score (nSPS) is 12.5. The maximum absolute atomic E-state index is 9.36. The summed E-state index contributed by atoms with van der Waals surface area (Å²) >= 11 is 3.46. The van der Waals surface area contributed by atoms with Crippen molar-refractivity contribution in [2.24, 2.45) is 5.41 Å². The van der Waals surface area contributed by atoms with Crippen molar-refractivity contribution in [1.29, 1.82) is 0 Å². The molecule has 2 rings (SSSR count). The summed E-state index contributed by atoms with van der Waals surface area (Å²) in [7, 11) is 1.97. The minimum Gasteiger partial charge on any atom is -0.396 e. The van der Waals surface area contributed by atoms with Gasteiger partial charge in [0.2, 0.25) is 0 Å². The monoisotopic (exact) mass is 341 g/mol. The highest BCUT2D eigenvalue weighted by Gasteiger charge is 2.24. The van der Waals surface area contributed by atoms with Crippen LogP contribution >= 0.6 is 15.9 Å². The minimum absolute atomic E-state index is 0.0352. The summed E-state index contributed by atoms with van der Waals surface area (Å²) in [5.74, 6) is 0. The lowest BCUT2D eigenvalue weighted by atomic mass is 9.92. The van der Waals surface area contributed by atoms with E-state index in [9.17, 15) is 10.2 Å². The summed E-state index contributed by atoms with van der Waals surface area (Å²) in [6.07, 6.45) is 3.84. The zero-order valence-corrected chi connectivity index (χ0v) is 13.3. The second kappa shape index (κ2) is 6.22. The van der Waals surface area contributed by atoms with Crippen LogP contribution in [0.1, 0.15) is 12.6 Å². The van der Waals surface area contributed by atoms with Gasteiger partial charge < -0.3 is 14.6 Å². The average Bonchev–Trinajstić information content (AvgIpc) is 2.81. The molecule has 0 aliphatic heterocycles. The summed E-state index contributed by atoms with van der Waals surface area (Å²) in [6.45, 7) is 3.11. The highest BCUT2D eigenvalue weighted by atomic mass is 79.9. The number of imidazole rings is 1. The molecule has 0 aromatic carbocycles. The van der Waals surface area contributed by atoms with E-state index in [4.69, 9.17) is 0 Å². The minimum atomic E-state index is -0.490. The summed E-state index contributed by atoms with van der Waals surface area (Å²) in [5.41, 5.74) is 1.49. The average molecular weight is 342 g/mol. The van der Waals surface area contributed by atoms with Crippen LogP contribution < -0.4 is 0 Å². The first-order valence-corrected chi connectivity index (χ1v) is 7.28. The van der Waals surface area contributed by atoms with E-state index in [2.05, 4.69) is 25.8 Å². The van der Waals surface area contributed by atoms with Gasteiger partial charge in [0.1, 0.15) is 5.65 Å². The zero-order chi connectivity index (χ0) is 14.8. The first-order valence-electron chi connectivity index (χ1n) is 6.49. The quantitative estimate of drug-likeness (QED) is 0.836. The van der Waals surface area contributed by atoms with Gasteiger partial charge in [-0.15, -0.1) is 0 Å². The molecule has 0 unspecified atom stereocenters. The Hall–Kier alpha value is -0.950. The van der Waals surface area contributed by atoms with Gasteiger partial charge in [0.25, 0.3) is 0 Å². The van der Waals surface area contributed by atoms with Crippen molar-refractivity contribution in [1.82, 2.24) is 14.3 Å². The number of aliphatic hydroxyl groups excluding tert-OH is 2. The molecule has 2 heterocycles. The molecule has 6 heteroatoms. The lowest BCUT2D eigenvalue weighted by Gasteiger charge is -2.30. The van der Waals surface area contributed by atoms with E-state index >= 15 is 0 Å². The highest BCUT2D eigenvalue weighted by Crippen LogP contribution is 2.18. The Labute approximate surface area is 127 Å². The van der Waals surface area contributed by atoms with Gasteiger partial charge in [-0.1, -0.05) is 6.92 Å². The molecule has 0 saturated heterocycles. The predicted molar refractivity (Wildman–Crippen MR) is 81.5 cm³/mol. The fraction of sp³-hybridized carbons (Fsp3) is 0.500. The molecule has 2 aromatic heterocycles. The number of aliphatic hydroxyl groups is 2. The summed E-state index contributed by atoms with van der Waals surface area (Å²) in [5, 5.41) is 18.7. The molecule has 0 atom stereocenters. The second-order valence-corrected chi connectivity index (χ2v) is 6.54. The van der Waals surface area contributed by atoms with E-state index < -0.39 is 5.41 Å². The van der Waals surface area contributed by atoms with E-state index in [0.717, 1.165) is 15.8 Å². The fourth-order valence-corrected chi connectivity index (χ4v) is 2.59. The van der Waals surface area contributed by atoms with Gasteiger partial charge in [-0.3, -0.25) is 4.90 Å². The number of fused-ring (bicyclic) bond motifs is 1. The van der Waals surface area contributed by atoms with Gasteiger partial charge in [-0.25, -0.2) is 4.98 Å². The van der Waals surface area contributed by atoms with Crippen LogP contribution in [0.3, 0.4) is 0 Å². The smallest absolute Gasteiger partial charge is 0.136 e. The van der Waals surface area contributed by atoms with Crippen molar-refractivity contribution in [2.45, 2.75) is 13.5 Å². The Kier molecular flexibility index (Phi) is 4.80. The molecule has 0 bridgehead atoms. The first-order chi connectivity index (χ1) is 9.47. The van der Waals surface area contributed by atoms with Crippen molar-refractivity contribution in [3.8, 4) is 0 Å². The first kappa shape index (κ1) is 15.4. The molecule has 5 nitrogen and oxygen atoms in total. The van der Waals surface area contributed by atoms with Gasteiger partial charge >= 0.3 is 0 Å². The number of nitrogens with zero attached hydrogens (tertiary/aromatic N) is 3. The van der Waals surface area contributed by atoms with Crippen LogP contribution in [-0.2, 0) is 6.54 Å². The van der Waals surface area contributed by atoms with E-state index in [-0.39, 0.29) is 13.2 Å². The standard InChI is InChI=1S/C14H20BrN3O2/c1-14(9-19,10-20)8-17(2)7-12-5-16-13-4-3-11(15)6-18(12)13/h3-6,19-20H,7-10H2,1-2H3. The summed E-state index contributed by atoms with van der Waals surface area (Å²) in [4.78, 5) is 6.45.